The molecule has 88 valence electrons. The van der Waals surface area contributed by atoms with Crippen LogP contribution in [0.1, 0.15) is 17.3 Å². The van der Waals surface area contributed by atoms with Crippen molar-refractivity contribution in [2.75, 3.05) is 0 Å². The van der Waals surface area contributed by atoms with Crippen molar-refractivity contribution in [3.05, 3.63) is 54.4 Å². The Bertz CT molecular complexity index is 716. The summed E-state index contributed by atoms with van der Waals surface area (Å²) in [6.07, 6.45) is 3.40. The number of benzene rings is 1. The third-order valence-electron chi connectivity index (χ3n) is 2.81. The van der Waals surface area contributed by atoms with Crippen LogP contribution in [0.2, 0.25) is 0 Å². The molecular formula is C14H11N3O. The van der Waals surface area contributed by atoms with Gasteiger partial charge < -0.3 is 0 Å². The minimum Gasteiger partial charge on any atom is -0.294 e. The number of hydrogen-bond acceptors (Lipinski definition) is 3. The van der Waals surface area contributed by atoms with Gasteiger partial charge in [-0.15, -0.1) is 0 Å². The Kier molecular flexibility index (Phi) is 2.41. The molecule has 2 aromatic heterocycles. The molecular weight excluding hydrogens is 226 g/mol. The van der Waals surface area contributed by atoms with Crippen LogP contribution >= 0.6 is 0 Å². The molecule has 0 aliphatic rings. The third-order valence-corrected chi connectivity index (χ3v) is 2.81. The molecule has 0 fully saturated rings. The average molecular weight is 237 g/mol. The molecule has 3 aromatic rings. The number of Topliss-reactive ketones (excluding diaryl/α,β-unsaturated/α-hetero) is 1. The second-order valence-corrected chi connectivity index (χ2v) is 4.06. The molecule has 4 nitrogen and oxygen atoms in total. The fourth-order valence-electron chi connectivity index (χ4n) is 1.93. The van der Waals surface area contributed by atoms with E-state index < -0.39 is 0 Å². The lowest BCUT2D eigenvalue weighted by molar-refractivity contribution is 0.101. The van der Waals surface area contributed by atoms with Gasteiger partial charge in [0.25, 0.3) is 0 Å². The van der Waals surface area contributed by atoms with Crippen molar-refractivity contribution >= 4 is 11.4 Å². The lowest BCUT2D eigenvalue weighted by Crippen LogP contribution is -2.03. The predicted octanol–water partition coefficient (Wildman–Crippen LogP) is 2.60. The fraction of sp³-hybridized carbons (Fsp3) is 0.0714. The maximum Gasteiger partial charge on any atom is 0.163 e. The molecule has 2 heterocycles. The standard InChI is InChI=1S/C14H11N3O/c1-10(18)12-9-17-13(7-8-15-17)16-14(12)11-5-3-2-4-6-11/h2-9H,1H3. The molecule has 1 aromatic carbocycles. The SMILES string of the molecule is CC(=O)c1cn2nccc2nc1-c1ccccc1. The summed E-state index contributed by atoms with van der Waals surface area (Å²) in [6.45, 7) is 1.54. The van der Waals surface area contributed by atoms with Crippen LogP contribution in [0.3, 0.4) is 0 Å². The second kappa shape index (κ2) is 4.07. The van der Waals surface area contributed by atoms with E-state index in [-0.39, 0.29) is 5.78 Å². The molecule has 0 aliphatic carbocycles. The van der Waals surface area contributed by atoms with E-state index in [1.165, 1.54) is 0 Å². The average Bonchev–Trinajstić information content (AvgIpc) is 2.85. The lowest BCUT2D eigenvalue weighted by Gasteiger charge is -2.07. The molecule has 0 atom stereocenters. The lowest BCUT2D eigenvalue weighted by atomic mass is 10.1. The van der Waals surface area contributed by atoms with Gasteiger partial charge in [-0.1, -0.05) is 30.3 Å². The Balaban J connectivity index is 2.32. The first-order chi connectivity index (χ1) is 8.75. The maximum atomic E-state index is 11.7. The van der Waals surface area contributed by atoms with Gasteiger partial charge in [-0.25, -0.2) is 9.50 Å². The molecule has 0 saturated heterocycles. The normalized spacial score (nSPS) is 10.7. The zero-order chi connectivity index (χ0) is 12.5. The van der Waals surface area contributed by atoms with Crippen LogP contribution in [-0.4, -0.2) is 20.4 Å². The summed E-state index contributed by atoms with van der Waals surface area (Å²) in [5.41, 5.74) is 2.96. The Labute approximate surface area is 104 Å². The number of carbonyl (C=O) groups excluding carboxylic acids is 1. The summed E-state index contributed by atoms with van der Waals surface area (Å²) in [6, 6.07) is 11.5. The first kappa shape index (κ1) is 10.7. The van der Waals surface area contributed by atoms with Crippen LogP contribution in [0, 0.1) is 0 Å². The molecule has 4 heteroatoms. The number of aromatic nitrogens is 3. The van der Waals surface area contributed by atoms with Crippen LogP contribution in [0.15, 0.2) is 48.8 Å². The fourth-order valence-corrected chi connectivity index (χ4v) is 1.93. The zero-order valence-electron chi connectivity index (χ0n) is 9.87. The van der Waals surface area contributed by atoms with Crippen molar-refractivity contribution in [3.63, 3.8) is 0 Å². The number of carbonyl (C=O) groups is 1. The molecule has 0 radical (unpaired) electrons. The molecule has 0 N–H and O–H groups in total. The van der Waals surface area contributed by atoms with E-state index in [0.29, 0.717) is 11.3 Å². The van der Waals surface area contributed by atoms with E-state index >= 15 is 0 Å². The highest BCUT2D eigenvalue weighted by molar-refractivity contribution is 5.99. The highest BCUT2D eigenvalue weighted by Crippen LogP contribution is 2.22. The molecule has 0 spiro atoms. The van der Waals surface area contributed by atoms with Crippen LogP contribution in [0.4, 0.5) is 0 Å². The van der Waals surface area contributed by atoms with E-state index in [2.05, 4.69) is 10.1 Å². The molecule has 3 rings (SSSR count). The number of fused-ring (bicyclic) bond motifs is 1. The molecule has 0 amide bonds. The molecule has 0 saturated carbocycles. The molecule has 18 heavy (non-hydrogen) atoms. The van der Waals surface area contributed by atoms with Gasteiger partial charge in [-0.05, 0) is 6.92 Å². The molecule has 0 unspecified atom stereocenters. The minimum atomic E-state index is -0.0150. The summed E-state index contributed by atoms with van der Waals surface area (Å²) in [4.78, 5) is 16.2. The van der Waals surface area contributed by atoms with Crippen molar-refractivity contribution < 1.29 is 4.79 Å². The van der Waals surface area contributed by atoms with E-state index in [1.54, 1.807) is 23.8 Å². The van der Waals surface area contributed by atoms with E-state index in [0.717, 1.165) is 11.2 Å². The highest BCUT2D eigenvalue weighted by atomic mass is 16.1. The Hall–Kier alpha value is -2.49. The third kappa shape index (κ3) is 1.68. The second-order valence-electron chi connectivity index (χ2n) is 4.06. The van der Waals surface area contributed by atoms with Gasteiger partial charge in [0, 0.05) is 17.8 Å². The van der Waals surface area contributed by atoms with Gasteiger partial charge in [0.2, 0.25) is 0 Å². The van der Waals surface area contributed by atoms with Gasteiger partial charge in [0.05, 0.1) is 17.5 Å². The quantitative estimate of drug-likeness (QED) is 0.643. The first-order valence-corrected chi connectivity index (χ1v) is 5.66. The minimum absolute atomic E-state index is 0.0150. The summed E-state index contributed by atoms with van der Waals surface area (Å²) >= 11 is 0. The van der Waals surface area contributed by atoms with Crippen LogP contribution in [-0.2, 0) is 0 Å². The van der Waals surface area contributed by atoms with Crippen molar-refractivity contribution in [2.24, 2.45) is 0 Å². The maximum absolute atomic E-state index is 11.7. The topological polar surface area (TPSA) is 47.3 Å². The highest BCUT2D eigenvalue weighted by Gasteiger charge is 2.12. The number of rotatable bonds is 2. The predicted molar refractivity (Wildman–Crippen MR) is 68.4 cm³/mol. The summed E-state index contributed by atoms with van der Waals surface area (Å²) in [5, 5.41) is 4.10. The first-order valence-electron chi connectivity index (χ1n) is 5.66. The van der Waals surface area contributed by atoms with E-state index in [1.807, 2.05) is 36.4 Å². The number of hydrogen-bond donors (Lipinski definition) is 0. The van der Waals surface area contributed by atoms with Crippen LogP contribution in [0.25, 0.3) is 16.9 Å². The monoisotopic (exact) mass is 237 g/mol. The van der Waals surface area contributed by atoms with Crippen molar-refractivity contribution in [1.29, 1.82) is 0 Å². The van der Waals surface area contributed by atoms with Gasteiger partial charge in [0.15, 0.2) is 11.4 Å². The Morgan fingerprint density at radius 3 is 2.67 bits per heavy atom. The zero-order valence-corrected chi connectivity index (χ0v) is 9.87. The van der Waals surface area contributed by atoms with Crippen LogP contribution < -0.4 is 0 Å². The summed E-state index contributed by atoms with van der Waals surface area (Å²) < 4.78 is 1.61. The number of nitrogens with zero attached hydrogens (tertiary/aromatic N) is 3. The summed E-state index contributed by atoms with van der Waals surface area (Å²) in [7, 11) is 0. The van der Waals surface area contributed by atoms with Crippen molar-refractivity contribution in [3.8, 4) is 11.3 Å². The Morgan fingerprint density at radius 1 is 1.17 bits per heavy atom. The largest absolute Gasteiger partial charge is 0.294 e. The van der Waals surface area contributed by atoms with Gasteiger partial charge in [-0.2, -0.15) is 5.10 Å². The molecule has 0 aliphatic heterocycles. The molecule has 0 bridgehead atoms. The van der Waals surface area contributed by atoms with Gasteiger partial charge in [0.1, 0.15) is 0 Å². The summed E-state index contributed by atoms with van der Waals surface area (Å²) in [5.74, 6) is -0.0150. The van der Waals surface area contributed by atoms with Gasteiger partial charge in [-0.3, -0.25) is 4.79 Å². The van der Waals surface area contributed by atoms with Crippen LogP contribution in [0.5, 0.6) is 0 Å². The van der Waals surface area contributed by atoms with E-state index in [4.69, 9.17) is 0 Å². The van der Waals surface area contributed by atoms with Gasteiger partial charge >= 0.3 is 0 Å². The van der Waals surface area contributed by atoms with E-state index in [9.17, 15) is 4.79 Å². The van der Waals surface area contributed by atoms with Crippen molar-refractivity contribution in [2.45, 2.75) is 6.92 Å². The smallest absolute Gasteiger partial charge is 0.163 e. The van der Waals surface area contributed by atoms with Crippen molar-refractivity contribution in [1.82, 2.24) is 14.6 Å². The number of ketones is 1. The Morgan fingerprint density at radius 2 is 1.94 bits per heavy atom.